The second-order valence-electron chi connectivity index (χ2n) is 6.25. The Labute approximate surface area is 140 Å². The zero-order chi connectivity index (χ0) is 16.9. The molecule has 5 nitrogen and oxygen atoms in total. The lowest BCUT2D eigenvalue weighted by Crippen LogP contribution is -2.41. The average Bonchev–Trinajstić information content (AvgIpc) is 3.03. The fraction of sp³-hybridized carbons (Fsp3) is 0.889. The van der Waals surface area contributed by atoms with Crippen molar-refractivity contribution in [2.45, 2.75) is 84.1 Å². The number of rotatable bonds is 11. The minimum atomic E-state index is -0.454. The van der Waals surface area contributed by atoms with Gasteiger partial charge >= 0.3 is 12.1 Å². The van der Waals surface area contributed by atoms with Crippen LogP contribution in [-0.4, -0.2) is 42.8 Å². The van der Waals surface area contributed by atoms with Gasteiger partial charge in [-0.3, -0.25) is 4.90 Å². The zero-order valence-corrected chi connectivity index (χ0v) is 14.8. The first-order chi connectivity index (χ1) is 11.2. The Bertz CT molecular complexity index is 346. The van der Waals surface area contributed by atoms with Crippen molar-refractivity contribution in [3.63, 3.8) is 0 Å². The van der Waals surface area contributed by atoms with E-state index < -0.39 is 6.04 Å². The molecular weight excluding hydrogens is 294 g/mol. The summed E-state index contributed by atoms with van der Waals surface area (Å²) >= 11 is 0. The summed E-state index contributed by atoms with van der Waals surface area (Å²) in [5, 5.41) is 0. The highest BCUT2D eigenvalue weighted by atomic mass is 16.6. The van der Waals surface area contributed by atoms with E-state index in [2.05, 4.69) is 6.92 Å². The highest BCUT2D eigenvalue weighted by molar-refractivity contribution is 5.82. The van der Waals surface area contributed by atoms with E-state index in [1.165, 1.54) is 30.6 Å². The molecule has 1 aliphatic heterocycles. The van der Waals surface area contributed by atoms with E-state index in [0.29, 0.717) is 26.2 Å². The normalized spacial score (nSPS) is 17.3. The van der Waals surface area contributed by atoms with Crippen molar-refractivity contribution in [1.29, 1.82) is 0 Å². The lowest BCUT2D eigenvalue weighted by atomic mass is 10.1. The smallest absolute Gasteiger partial charge is 0.410 e. The van der Waals surface area contributed by atoms with Crippen LogP contribution in [0.15, 0.2) is 0 Å². The molecule has 1 aliphatic rings. The first-order valence-corrected chi connectivity index (χ1v) is 9.30. The molecule has 0 N–H and O–H groups in total. The molecule has 0 aromatic carbocycles. The molecule has 0 bridgehead atoms. The number of likely N-dealkylation sites (tertiary alicyclic amines) is 1. The van der Waals surface area contributed by atoms with Crippen molar-refractivity contribution >= 4 is 12.1 Å². The van der Waals surface area contributed by atoms with Crippen molar-refractivity contribution in [3.8, 4) is 0 Å². The fourth-order valence-corrected chi connectivity index (χ4v) is 2.77. The van der Waals surface area contributed by atoms with E-state index in [1.54, 1.807) is 0 Å². The Hall–Kier alpha value is -1.26. The van der Waals surface area contributed by atoms with Gasteiger partial charge in [-0.1, -0.05) is 52.4 Å². The van der Waals surface area contributed by atoms with E-state index >= 15 is 0 Å². The number of amides is 1. The van der Waals surface area contributed by atoms with E-state index in [-0.39, 0.29) is 12.1 Å². The maximum atomic E-state index is 12.2. The summed E-state index contributed by atoms with van der Waals surface area (Å²) in [5.74, 6) is -0.275. The number of esters is 1. The van der Waals surface area contributed by atoms with Gasteiger partial charge in [0.25, 0.3) is 0 Å². The summed E-state index contributed by atoms with van der Waals surface area (Å²) < 4.78 is 10.6. The van der Waals surface area contributed by atoms with Crippen LogP contribution in [-0.2, 0) is 14.3 Å². The molecule has 0 saturated carbocycles. The molecule has 0 aliphatic carbocycles. The van der Waals surface area contributed by atoms with E-state index in [1.807, 2.05) is 6.92 Å². The molecule has 0 aromatic heterocycles. The first kappa shape index (κ1) is 19.8. The van der Waals surface area contributed by atoms with Crippen LogP contribution in [0.2, 0.25) is 0 Å². The van der Waals surface area contributed by atoms with Gasteiger partial charge in [0.2, 0.25) is 0 Å². The predicted octanol–water partition coefficient (Wildman–Crippen LogP) is 4.29. The van der Waals surface area contributed by atoms with Gasteiger partial charge in [-0.05, 0) is 25.7 Å². The van der Waals surface area contributed by atoms with Crippen LogP contribution >= 0.6 is 0 Å². The van der Waals surface area contributed by atoms with Crippen molar-refractivity contribution in [2.75, 3.05) is 19.8 Å². The molecule has 1 unspecified atom stereocenters. The summed E-state index contributed by atoms with van der Waals surface area (Å²) in [6.45, 7) is 5.71. The number of carbonyl (C=O) groups excluding carboxylic acids is 2. The molecule has 1 atom stereocenters. The number of unbranched alkanes of at least 4 members (excludes halogenated alkanes) is 6. The fourth-order valence-electron chi connectivity index (χ4n) is 2.77. The minimum Gasteiger partial charge on any atom is -0.464 e. The van der Waals surface area contributed by atoms with Gasteiger partial charge in [0, 0.05) is 6.54 Å². The van der Waals surface area contributed by atoms with Crippen molar-refractivity contribution < 1.29 is 19.1 Å². The second-order valence-corrected chi connectivity index (χ2v) is 6.25. The average molecular weight is 327 g/mol. The molecule has 1 rings (SSSR count). The van der Waals surface area contributed by atoms with Crippen LogP contribution in [0.25, 0.3) is 0 Å². The zero-order valence-electron chi connectivity index (χ0n) is 14.8. The molecule has 1 fully saturated rings. The van der Waals surface area contributed by atoms with Crippen LogP contribution in [0.4, 0.5) is 4.79 Å². The van der Waals surface area contributed by atoms with Gasteiger partial charge in [0.1, 0.15) is 6.04 Å². The SMILES string of the molecule is CCCCCCCCOC(=O)C1CCCN1C(=O)OCCCC. The third-order valence-corrected chi connectivity index (χ3v) is 4.23. The molecule has 1 saturated heterocycles. The first-order valence-electron chi connectivity index (χ1n) is 9.30. The Morgan fingerprint density at radius 2 is 1.57 bits per heavy atom. The van der Waals surface area contributed by atoms with Gasteiger partial charge in [0.05, 0.1) is 13.2 Å². The third kappa shape index (κ3) is 7.71. The summed E-state index contributed by atoms with van der Waals surface area (Å²) in [7, 11) is 0. The van der Waals surface area contributed by atoms with Crippen LogP contribution in [0.1, 0.15) is 78.1 Å². The lowest BCUT2D eigenvalue weighted by Gasteiger charge is -2.22. The highest BCUT2D eigenvalue weighted by Crippen LogP contribution is 2.20. The third-order valence-electron chi connectivity index (χ3n) is 4.23. The van der Waals surface area contributed by atoms with Crippen molar-refractivity contribution in [2.24, 2.45) is 0 Å². The van der Waals surface area contributed by atoms with Gasteiger partial charge in [-0.25, -0.2) is 9.59 Å². The van der Waals surface area contributed by atoms with Gasteiger partial charge in [-0.15, -0.1) is 0 Å². The number of ether oxygens (including phenoxy) is 2. The molecule has 23 heavy (non-hydrogen) atoms. The molecule has 1 amide bonds. The van der Waals surface area contributed by atoms with E-state index in [9.17, 15) is 9.59 Å². The second kappa shape index (κ2) is 12.2. The highest BCUT2D eigenvalue weighted by Gasteiger charge is 2.36. The monoisotopic (exact) mass is 327 g/mol. The van der Waals surface area contributed by atoms with Crippen molar-refractivity contribution in [1.82, 2.24) is 4.90 Å². The molecular formula is C18H33NO4. The topological polar surface area (TPSA) is 55.8 Å². The quantitative estimate of drug-likeness (QED) is 0.419. The summed E-state index contributed by atoms with van der Waals surface area (Å²) in [5.41, 5.74) is 0. The number of hydrogen-bond acceptors (Lipinski definition) is 4. The molecule has 1 heterocycles. The maximum Gasteiger partial charge on any atom is 0.410 e. The van der Waals surface area contributed by atoms with Gasteiger partial charge < -0.3 is 9.47 Å². The summed E-state index contributed by atoms with van der Waals surface area (Å²) in [6, 6.07) is -0.454. The van der Waals surface area contributed by atoms with Crippen LogP contribution in [0, 0.1) is 0 Å². The lowest BCUT2D eigenvalue weighted by molar-refractivity contribution is -0.148. The number of carbonyl (C=O) groups is 2. The molecule has 0 spiro atoms. The standard InChI is InChI=1S/C18H33NO4/c1-3-5-7-8-9-10-15-22-17(20)16-12-11-13-19(16)18(21)23-14-6-4-2/h16H,3-15H2,1-2H3. The maximum absolute atomic E-state index is 12.2. The minimum absolute atomic E-state index is 0.275. The Morgan fingerprint density at radius 3 is 2.30 bits per heavy atom. The van der Waals surface area contributed by atoms with E-state index in [4.69, 9.17) is 9.47 Å². The summed E-state index contributed by atoms with van der Waals surface area (Å²) in [6.07, 6.45) is 9.94. The van der Waals surface area contributed by atoms with Gasteiger partial charge in [0.15, 0.2) is 0 Å². The van der Waals surface area contributed by atoms with Crippen LogP contribution in [0.5, 0.6) is 0 Å². The van der Waals surface area contributed by atoms with Crippen LogP contribution in [0.3, 0.4) is 0 Å². The van der Waals surface area contributed by atoms with Crippen molar-refractivity contribution in [3.05, 3.63) is 0 Å². The number of nitrogens with zero attached hydrogens (tertiary/aromatic N) is 1. The summed E-state index contributed by atoms with van der Waals surface area (Å²) in [4.78, 5) is 25.7. The molecule has 134 valence electrons. The predicted molar refractivity (Wildman–Crippen MR) is 90.3 cm³/mol. The van der Waals surface area contributed by atoms with E-state index in [0.717, 1.165) is 32.1 Å². The van der Waals surface area contributed by atoms with Gasteiger partial charge in [-0.2, -0.15) is 0 Å². The Kier molecular flexibility index (Phi) is 10.5. The Balaban J connectivity index is 2.21. The molecule has 5 heteroatoms. The molecule has 0 aromatic rings. The van der Waals surface area contributed by atoms with Crippen LogP contribution < -0.4 is 0 Å². The number of hydrogen-bond donors (Lipinski definition) is 0. The Morgan fingerprint density at radius 1 is 0.913 bits per heavy atom. The molecule has 0 radical (unpaired) electrons. The largest absolute Gasteiger partial charge is 0.464 e.